The van der Waals surface area contributed by atoms with Gasteiger partial charge in [-0.2, -0.15) is 0 Å². The summed E-state index contributed by atoms with van der Waals surface area (Å²) in [5.74, 6) is 0.760. The number of hydrogen-bond acceptors (Lipinski definition) is 4. The molecule has 1 aromatic heterocycles. The van der Waals surface area contributed by atoms with Gasteiger partial charge in [0.05, 0.1) is 5.56 Å². The number of aromatic nitrogens is 2. The van der Waals surface area contributed by atoms with Gasteiger partial charge >= 0.3 is 0 Å². The quantitative estimate of drug-likeness (QED) is 0.885. The van der Waals surface area contributed by atoms with E-state index in [4.69, 9.17) is 4.42 Å². The first-order valence-corrected chi connectivity index (χ1v) is 6.13. The monoisotopic (exact) mass is 247 g/mol. The van der Waals surface area contributed by atoms with Crippen molar-refractivity contribution < 1.29 is 8.81 Å². The van der Waals surface area contributed by atoms with E-state index in [1.165, 1.54) is 6.07 Å². The van der Waals surface area contributed by atoms with Gasteiger partial charge in [-0.05, 0) is 31.5 Å². The number of halogens is 1. The number of nitrogens with zero attached hydrogens (tertiary/aromatic N) is 2. The zero-order valence-corrected chi connectivity index (χ0v) is 9.90. The lowest BCUT2D eigenvalue weighted by atomic mass is 10.00. The number of nitrogens with one attached hydrogen (secondary N) is 1. The van der Waals surface area contributed by atoms with Crippen LogP contribution in [0.1, 0.15) is 24.7 Å². The largest absolute Gasteiger partial charge is 0.420 e. The van der Waals surface area contributed by atoms with Gasteiger partial charge in [0, 0.05) is 12.5 Å². The number of piperidine rings is 1. The average molecular weight is 247 g/mol. The van der Waals surface area contributed by atoms with E-state index in [1.807, 2.05) is 0 Å². The molecule has 0 radical (unpaired) electrons. The Kier molecular flexibility index (Phi) is 3.06. The molecule has 0 unspecified atom stereocenters. The van der Waals surface area contributed by atoms with Crippen molar-refractivity contribution in [2.75, 3.05) is 13.1 Å². The van der Waals surface area contributed by atoms with Crippen LogP contribution in [0.4, 0.5) is 4.39 Å². The summed E-state index contributed by atoms with van der Waals surface area (Å²) in [6.07, 6.45) is 2.13. The van der Waals surface area contributed by atoms with Crippen molar-refractivity contribution in [2.24, 2.45) is 0 Å². The maximum absolute atomic E-state index is 13.6. The van der Waals surface area contributed by atoms with Crippen LogP contribution < -0.4 is 5.32 Å². The Bertz CT molecular complexity index is 535. The Morgan fingerprint density at radius 2 is 2.17 bits per heavy atom. The summed E-state index contributed by atoms with van der Waals surface area (Å²) in [5, 5.41) is 11.3. The summed E-state index contributed by atoms with van der Waals surface area (Å²) in [7, 11) is 0. The highest BCUT2D eigenvalue weighted by Crippen LogP contribution is 2.26. The second kappa shape index (κ2) is 4.86. The molecule has 1 aliphatic heterocycles. The summed E-state index contributed by atoms with van der Waals surface area (Å²) in [6, 6.07) is 6.43. The molecule has 1 aliphatic rings. The molecule has 0 aliphatic carbocycles. The number of rotatable bonds is 2. The zero-order chi connectivity index (χ0) is 12.4. The van der Waals surface area contributed by atoms with E-state index < -0.39 is 0 Å². The second-order valence-corrected chi connectivity index (χ2v) is 4.47. The van der Waals surface area contributed by atoms with Crippen molar-refractivity contribution in [3.63, 3.8) is 0 Å². The maximum atomic E-state index is 13.6. The minimum atomic E-state index is -0.338. The molecule has 5 heteroatoms. The molecular formula is C13H14FN3O. The molecule has 3 rings (SSSR count). The molecule has 1 saturated heterocycles. The Balaban J connectivity index is 1.87. The number of benzene rings is 1. The molecule has 1 aromatic carbocycles. The highest BCUT2D eigenvalue weighted by Gasteiger charge is 2.22. The molecule has 1 fully saturated rings. The molecule has 0 bridgehead atoms. The molecule has 4 nitrogen and oxygen atoms in total. The minimum Gasteiger partial charge on any atom is -0.420 e. The van der Waals surface area contributed by atoms with Gasteiger partial charge in [-0.15, -0.1) is 10.2 Å². The van der Waals surface area contributed by atoms with Gasteiger partial charge in [0.15, 0.2) is 0 Å². The topological polar surface area (TPSA) is 51.0 Å². The molecule has 18 heavy (non-hydrogen) atoms. The molecular weight excluding hydrogens is 233 g/mol. The smallest absolute Gasteiger partial charge is 0.250 e. The van der Waals surface area contributed by atoms with E-state index in [0.717, 1.165) is 25.9 Å². The van der Waals surface area contributed by atoms with Gasteiger partial charge in [0.2, 0.25) is 5.89 Å². The summed E-state index contributed by atoms with van der Waals surface area (Å²) in [4.78, 5) is 0. The van der Waals surface area contributed by atoms with Crippen molar-refractivity contribution in [3.8, 4) is 11.5 Å². The molecule has 94 valence electrons. The van der Waals surface area contributed by atoms with E-state index in [1.54, 1.807) is 18.2 Å². The van der Waals surface area contributed by atoms with Crippen LogP contribution in [0.2, 0.25) is 0 Å². The molecule has 0 saturated carbocycles. The predicted molar refractivity (Wildman–Crippen MR) is 64.5 cm³/mol. The fourth-order valence-corrected chi connectivity index (χ4v) is 2.21. The summed E-state index contributed by atoms with van der Waals surface area (Å²) < 4.78 is 19.2. The highest BCUT2D eigenvalue weighted by molar-refractivity contribution is 5.53. The van der Waals surface area contributed by atoms with Gasteiger partial charge in [0.1, 0.15) is 5.82 Å². The SMILES string of the molecule is Fc1ccccc1-c1nnc([C@H]2CCCNC2)o1. The van der Waals surface area contributed by atoms with Crippen LogP contribution in [-0.2, 0) is 0 Å². The van der Waals surface area contributed by atoms with Crippen LogP contribution in [0.15, 0.2) is 28.7 Å². The van der Waals surface area contributed by atoms with Crippen LogP contribution in [0.5, 0.6) is 0 Å². The molecule has 0 amide bonds. The third-order valence-corrected chi connectivity index (χ3v) is 3.19. The van der Waals surface area contributed by atoms with E-state index in [2.05, 4.69) is 15.5 Å². The van der Waals surface area contributed by atoms with Gasteiger partial charge in [-0.25, -0.2) is 4.39 Å². The fraction of sp³-hybridized carbons (Fsp3) is 0.385. The Hall–Kier alpha value is -1.75. The van der Waals surface area contributed by atoms with Crippen molar-refractivity contribution in [1.29, 1.82) is 0 Å². The van der Waals surface area contributed by atoms with Gasteiger partial charge in [-0.1, -0.05) is 12.1 Å². The third kappa shape index (κ3) is 2.13. The Labute approximate surface area is 104 Å². The van der Waals surface area contributed by atoms with Gasteiger partial charge in [0.25, 0.3) is 5.89 Å². The number of hydrogen-bond donors (Lipinski definition) is 1. The van der Waals surface area contributed by atoms with Gasteiger partial charge < -0.3 is 9.73 Å². The molecule has 0 spiro atoms. The van der Waals surface area contributed by atoms with Crippen molar-refractivity contribution in [1.82, 2.24) is 15.5 Å². The van der Waals surface area contributed by atoms with Gasteiger partial charge in [-0.3, -0.25) is 0 Å². The normalized spacial score (nSPS) is 19.9. The van der Waals surface area contributed by atoms with Crippen molar-refractivity contribution in [3.05, 3.63) is 36.0 Å². The molecule has 1 atom stereocenters. The fourth-order valence-electron chi connectivity index (χ4n) is 2.21. The summed E-state index contributed by atoms with van der Waals surface area (Å²) in [5.41, 5.74) is 0.361. The first-order valence-electron chi connectivity index (χ1n) is 6.13. The first-order chi connectivity index (χ1) is 8.84. The lowest BCUT2D eigenvalue weighted by Gasteiger charge is -2.18. The lowest BCUT2D eigenvalue weighted by molar-refractivity contribution is 0.380. The summed E-state index contributed by atoms with van der Waals surface area (Å²) in [6.45, 7) is 1.88. The predicted octanol–water partition coefficient (Wildman–Crippen LogP) is 2.34. The Morgan fingerprint density at radius 3 is 2.94 bits per heavy atom. The van der Waals surface area contributed by atoms with Crippen LogP contribution in [-0.4, -0.2) is 23.3 Å². The molecule has 1 N–H and O–H groups in total. The van der Waals surface area contributed by atoms with Crippen molar-refractivity contribution in [2.45, 2.75) is 18.8 Å². The maximum Gasteiger partial charge on any atom is 0.250 e. The second-order valence-electron chi connectivity index (χ2n) is 4.47. The third-order valence-electron chi connectivity index (χ3n) is 3.19. The van der Waals surface area contributed by atoms with E-state index >= 15 is 0 Å². The molecule has 2 heterocycles. The standard InChI is InChI=1S/C13H14FN3O/c14-11-6-2-1-5-10(11)13-17-16-12(18-13)9-4-3-7-15-8-9/h1-2,5-6,9,15H,3-4,7-8H2/t9-/m0/s1. The highest BCUT2D eigenvalue weighted by atomic mass is 19.1. The average Bonchev–Trinajstić information content (AvgIpc) is 2.90. The lowest BCUT2D eigenvalue weighted by Crippen LogP contribution is -2.28. The van der Waals surface area contributed by atoms with Crippen LogP contribution in [0.3, 0.4) is 0 Å². The molecule has 2 aromatic rings. The van der Waals surface area contributed by atoms with Crippen molar-refractivity contribution >= 4 is 0 Å². The van der Waals surface area contributed by atoms with E-state index in [0.29, 0.717) is 11.5 Å². The first kappa shape index (κ1) is 11.3. The zero-order valence-electron chi connectivity index (χ0n) is 9.90. The van der Waals surface area contributed by atoms with Crippen LogP contribution >= 0.6 is 0 Å². The van der Waals surface area contributed by atoms with Crippen LogP contribution in [0.25, 0.3) is 11.5 Å². The summed E-state index contributed by atoms with van der Waals surface area (Å²) >= 11 is 0. The van der Waals surface area contributed by atoms with E-state index in [-0.39, 0.29) is 17.6 Å². The Morgan fingerprint density at radius 1 is 1.28 bits per heavy atom. The minimum absolute atomic E-state index is 0.242. The van der Waals surface area contributed by atoms with E-state index in [9.17, 15) is 4.39 Å². The van der Waals surface area contributed by atoms with Crippen LogP contribution in [0, 0.1) is 5.82 Å².